The molecule has 0 fully saturated rings. The Labute approximate surface area is 62.1 Å². The van der Waals surface area contributed by atoms with Crippen LogP contribution in [-0.4, -0.2) is 45.0 Å². The molecule has 0 aromatic carbocycles. The molecule has 0 aliphatic carbocycles. The van der Waals surface area contributed by atoms with E-state index >= 15 is 0 Å². The third-order valence-electron chi connectivity index (χ3n) is 0.432. The average Bonchev–Trinajstić information content (AvgIpc) is 1.65. The molecule has 0 aromatic rings. The molecule has 0 unspecified atom stereocenters. The Morgan fingerprint density at radius 1 is 1.86 bits per heavy atom. The fourth-order valence-electron chi connectivity index (χ4n) is 0.129. The standard InChI is InChI=1S/C3H6NOSTe/c1-4(7)3(6)5-2/h1-2H3. The molecule has 0 amide bonds. The van der Waals surface area contributed by atoms with Gasteiger partial charge in [-0.1, -0.05) is 0 Å². The van der Waals surface area contributed by atoms with E-state index in [-0.39, 0.29) is 0 Å². The molecule has 4 heteroatoms. The molecule has 0 heterocycles. The van der Waals surface area contributed by atoms with Crippen molar-refractivity contribution >= 4 is 40.0 Å². The molecular formula is C3H6NOSTe. The van der Waals surface area contributed by atoms with Gasteiger partial charge in [0.1, 0.15) is 0 Å². The summed E-state index contributed by atoms with van der Waals surface area (Å²) < 4.78 is 6.41. The molecule has 0 N–H and O–H groups in total. The van der Waals surface area contributed by atoms with Gasteiger partial charge in [-0.15, -0.1) is 0 Å². The van der Waals surface area contributed by atoms with Crippen LogP contribution >= 0.6 is 12.2 Å². The van der Waals surface area contributed by atoms with Crippen molar-refractivity contribution in [2.45, 2.75) is 0 Å². The Hall–Kier alpha value is 0.480. The Kier molecular flexibility index (Phi) is 3.72. The SMILES string of the molecule is COC(=S)N(C)[Te]. The molecule has 0 rings (SSSR count). The average molecular weight is 232 g/mol. The third-order valence-corrected chi connectivity index (χ3v) is 1.71. The van der Waals surface area contributed by atoms with E-state index in [1.165, 1.54) is 0 Å². The molecule has 41 valence electrons. The van der Waals surface area contributed by atoms with E-state index < -0.39 is 0 Å². The summed E-state index contributed by atoms with van der Waals surface area (Å²) in [5.41, 5.74) is 0. The molecule has 0 aliphatic rings. The molecule has 0 aromatic heterocycles. The summed E-state index contributed by atoms with van der Waals surface area (Å²) in [6.45, 7) is 0. The van der Waals surface area contributed by atoms with E-state index in [0.29, 0.717) is 5.17 Å². The van der Waals surface area contributed by atoms with E-state index in [9.17, 15) is 0 Å². The summed E-state index contributed by atoms with van der Waals surface area (Å²) in [6, 6.07) is 0. The Morgan fingerprint density at radius 2 is 2.29 bits per heavy atom. The first-order valence-electron chi connectivity index (χ1n) is 1.67. The topological polar surface area (TPSA) is 12.5 Å². The van der Waals surface area contributed by atoms with Gasteiger partial charge in [-0.3, -0.25) is 0 Å². The van der Waals surface area contributed by atoms with Gasteiger partial charge in [-0.25, -0.2) is 0 Å². The minimum absolute atomic E-state index is 0.518. The van der Waals surface area contributed by atoms with Gasteiger partial charge in [0.15, 0.2) is 0 Å². The molecule has 7 heavy (non-hydrogen) atoms. The summed E-state index contributed by atoms with van der Waals surface area (Å²) in [5, 5.41) is 0.518. The maximum absolute atomic E-state index is 4.69. The fraction of sp³-hybridized carbons (Fsp3) is 0.667. The summed E-state index contributed by atoms with van der Waals surface area (Å²) >= 11 is 6.46. The number of hydrogen-bond acceptors (Lipinski definition) is 2. The van der Waals surface area contributed by atoms with E-state index in [1.807, 2.05) is 7.05 Å². The number of methoxy groups -OCH3 is 1. The van der Waals surface area contributed by atoms with Crippen LogP contribution in [0.3, 0.4) is 0 Å². The Morgan fingerprint density at radius 3 is 2.29 bits per heavy atom. The molecule has 0 saturated carbocycles. The summed E-state index contributed by atoms with van der Waals surface area (Å²) in [7, 11) is 3.40. The number of nitrogens with zero attached hydrogens (tertiary/aromatic N) is 1. The third kappa shape index (κ3) is 3.10. The van der Waals surface area contributed by atoms with Gasteiger partial charge in [-0.05, 0) is 0 Å². The number of ether oxygens (including phenoxy) is 1. The van der Waals surface area contributed by atoms with Crippen molar-refractivity contribution in [3.63, 3.8) is 0 Å². The second kappa shape index (κ2) is 3.48. The predicted molar refractivity (Wildman–Crippen MR) is 33.1 cm³/mol. The monoisotopic (exact) mass is 234 g/mol. The van der Waals surface area contributed by atoms with Crippen LogP contribution in [0.2, 0.25) is 0 Å². The van der Waals surface area contributed by atoms with Crippen LogP contribution in [0.15, 0.2) is 0 Å². The Balaban J connectivity index is 3.35. The molecule has 0 bridgehead atoms. The van der Waals surface area contributed by atoms with Gasteiger partial charge >= 0.3 is 62.0 Å². The van der Waals surface area contributed by atoms with Crippen molar-refractivity contribution in [1.29, 1.82) is 0 Å². The van der Waals surface area contributed by atoms with Gasteiger partial charge in [0.05, 0.1) is 0 Å². The van der Waals surface area contributed by atoms with Gasteiger partial charge < -0.3 is 0 Å². The molecule has 0 spiro atoms. The summed E-state index contributed by atoms with van der Waals surface area (Å²) in [5.74, 6) is 0. The van der Waals surface area contributed by atoms with Crippen LogP contribution in [0.5, 0.6) is 0 Å². The molecule has 0 aliphatic heterocycles. The molecule has 1 radical (unpaired) electrons. The number of thiocarbonyl (C=S) groups is 1. The second-order valence-electron chi connectivity index (χ2n) is 0.967. The summed E-state index contributed by atoms with van der Waals surface area (Å²) in [6.07, 6.45) is 0. The van der Waals surface area contributed by atoms with E-state index in [0.717, 1.165) is 0 Å². The minimum atomic E-state index is 0.518. The fourth-order valence-corrected chi connectivity index (χ4v) is 0.341. The first kappa shape index (κ1) is 7.48. The van der Waals surface area contributed by atoms with Crippen LogP contribution < -0.4 is 0 Å². The zero-order valence-electron chi connectivity index (χ0n) is 4.17. The Bertz CT molecular complexity index is 75.3. The van der Waals surface area contributed by atoms with Crippen molar-refractivity contribution < 1.29 is 4.74 Å². The molecule has 2 nitrogen and oxygen atoms in total. The van der Waals surface area contributed by atoms with Crippen molar-refractivity contribution in [3.8, 4) is 0 Å². The van der Waals surface area contributed by atoms with Gasteiger partial charge in [0.2, 0.25) is 0 Å². The van der Waals surface area contributed by atoms with Crippen molar-refractivity contribution in [2.75, 3.05) is 14.2 Å². The maximum atomic E-state index is 4.69. The summed E-state index contributed by atoms with van der Waals surface area (Å²) in [4.78, 5) is 0. The van der Waals surface area contributed by atoms with Crippen LogP contribution in [0, 0.1) is 0 Å². The molecular weight excluding hydrogens is 226 g/mol. The molecule has 0 saturated heterocycles. The quantitative estimate of drug-likeness (QED) is 0.428. The predicted octanol–water partition coefficient (Wildman–Crippen LogP) is -0.0670. The van der Waals surface area contributed by atoms with Gasteiger partial charge in [0, 0.05) is 0 Å². The second-order valence-corrected chi connectivity index (χ2v) is 2.88. The van der Waals surface area contributed by atoms with Crippen LogP contribution in [0.4, 0.5) is 0 Å². The van der Waals surface area contributed by atoms with Gasteiger partial charge in [-0.2, -0.15) is 0 Å². The van der Waals surface area contributed by atoms with Gasteiger partial charge in [0.25, 0.3) is 0 Å². The number of rotatable bonds is 0. The zero-order chi connectivity index (χ0) is 5.86. The van der Waals surface area contributed by atoms with Crippen LogP contribution in [0.1, 0.15) is 0 Å². The zero-order valence-corrected chi connectivity index (χ0v) is 7.32. The van der Waals surface area contributed by atoms with Crippen molar-refractivity contribution in [1.82, 2.24) is 3.15 Å². The van der Waals surface area contributed by atoms with E-state index in [2.05, 4.69) is 17.0 Å². The van der Waals surface area contributed by atoms with E-state index in [4.69, 9.17) is 0 Å². The van der Waals surface area contributed by atoms with Crippen molar-refractivity contribution in [2.24, 2.45) is 0 Å². The van der Waals surface area contributed by atoms with Crippen molar-refractivity contribution in [3.05, 3.63) is 0 Å². The molecule has 0 atom stereocenters. The first-order valence-corrected chi connectivity index (χ1v) is 3.12. The van der Waals surface area contributed by atoms with Crippen LogP contribution in [0.25, 0.3) is 0 Å². The number of hydrogen-bond donors (Lipinski definition) is 0. The normalized spacial score (nSPS) is 7.86. The van der Waals surface area contributed by atoms with Crippen LogP contribution in [-0.2, 0) is 4.74 Å². The van der Waals surface area contributed by atoms with E-state index in [1.54, 1.807) is 32.8 Å². The first-order chi connectivity index (χ1) is 3.18.